The number of hydrogen-bond donors (Lipinski definition) is 0. The molecular formula is C14H22NO2P. The van der Waals surface area contributed by atoms with Crippen molar-refractivity contribution in [1.82, 2.24) is 4.90 Å². The highest BCUT2D eigenvalue weighted by Crippen LogP contribution is 2.38. The Morgan fingerprint density at radius 2 is 1.56 bits per heavy atom. The smallest absolute Gasteiger partial charge is 0.205 e. The Morgan fingerprint density at radius 1 is 1.00 bits per heavy atom. The van der Waals surface area contributed by atoms with Crippen LogP contribution in [0, 0.1) is 0 Å². The lowest BCUT2D eigenvalue weighted by Gasteiger charge is -2.37. The number of nitrogens with zero attached hydrogens (tertiary/aromatic N) is 1. The van der Waals surface area contributed by atoms with E-state index in [1.54, 1.807) is 0 Å². The molecule has 1 aliphatic rings. The number of hydrogen-bond acceptors (Lipinski definition) is 3. The van der Waals surface area contributed by atoms with E-state index in [0.29, 0.717) is 0 Å². The molecule has 0 spiro atoms. The molecule has 1 saturated heterocycles. The molecule has 0 unspecified atom stereocenters. The van der Waals surface area contributed by atoms with E-state index in [9.17, 15) is 0 Å². The summed E-state index contributed by atoms with van der Waals surface area (Å²) in [4.78, 5) is 2.41. The molecule has 1 aromatic rings. The monoisotopic (exact) mass is 267 g/mol. The fraction of sp³-hybridized carbons (Fsp3) is 0.571. The molecule has 3 nitrogen and oxygen atoms in total. The molecule has 0 atom stereocenters. The van der Waals surface area contributed by atoms with Crippen LogP contribution in [0.1, 0.15) is 20.8 Å². The third kappa shape index (κ3) is 3.76. The second kappa shape index (κ2) is 6.12. The van der Waals surface area contributed by atoms with Gasteiger partial charge in [0.1, 0.15) is 0 Å². The zero-order valence-corrected chi connectivity index (χ0v) is 12.3. The molecule has 1 aromatic carbocycles. The topological polar surface area (TPSA) is 21.7 Å². The summed E-state index contributed by atoms with van der Waals surface area (Å²) in [5, 5.41) is 1.16. The summed E-state index contributed by atoms with van der Waals surface area (Å²) in [6, 6.07) is 10.2. The van der Waals surface area contributed by atoms with Gasteiger partial charge >= 0.3 is 0 Å². The minimum absolute atomic E-state index is 0.180. The van der Waals surface area contributed by atoms with Crippen LogP contribution >= 0.6 is 8.38 Å². The molecule has 2 rings (SSSR count). The van der Waals surface area contributed by atoms with Crippen molar-refractivity contribution in [3.8, 4) is 0 Å². The SMILES string of the molecule is CC(C)(C)N1CCOP(c2ccccc2)OCC1. The van der Waals surface area contributed by atoms with Gasteiger partial charge in [-0.15, -0.1) is 0 Å². The van der Waals surface area contributed by atoms with Crippen molar-refractivity contribution >= 4 is 13.7 Å². The van der Waals surface area contributed by atoms with Gasteiger partial charge in [-0.3, -0.25) is 4.90 Å². The second-order valence-electron chi connectivity index (χ2n) is 5.42. The molecule has 0 radical (unpaired) electrons. The van der Waals surface area contributed by atoms with E-state index in [1.807, 2.05) is 18.2 Å². The summed E-state index contributed by atoms with van der Waals surface area (Å²) < 4.78 is 11.8. The van der Waals surface area contributed by atoms with Crippen LogP contribution in [0.3, 0.4) is 0 Å². The summed E-state index contributed by atoms with van der Waals surface area (Å²) in [5.74, 6) is 0. The van der Waals surface area contributed by atoms with Gasteiger partial charge in [0.05, 0.1) is 13.2 Å². The first kappa shape index (κ1) is 14.0. The van der Waals surface area contributed by atoms with Gasteiger partial charge in [-0.1, -0.05) is 18.2 Å². The van der Waals surface area contributed by atoms with Crippen molar-refractivity contribution in [3.05, 3.63) is 30.3 Å². The fourth-order valence-corrected chi connectivity index (χ4v) is 3.27. The van der Waals surface area contributed by atoms with Crippen LogP contribution in [-0.4, -0.2) is 36.7 Å². The largest absolute Gasteiger partial charge is 0.329 e. The molecule has 1 fully saturated rings. The first-order valence-corrected chi connectivity index (χ1v) is 7.61. The lowest BCUT2D eigenvalue weighted by Crippen LogP contribution is -2.45. The van der Waals surface area contributed by atoms with Gasteiger partial charge in [-0.25, -0.2) is 0 Å². The van der Waals surface area contributed by atoms with E-state index in [2.05, 4.69) is 37.8 Å². The third-order valence-electron chi connectivity index (χ3n) is 3.06. The first-order chi connectivity index (χ1) is 8.57. The predicted octanol–water partition coefficient (Wildman–Crippen LogP) is 2.77. The molecule has 0 saturated carbocycles. The minimum Gasteiger partial charge on any atom is -0.329 e. The molecule has 0 aromatic heterocycles. The Bertz CT molecular complexity index is 354. The highest BCUT2D eigenvalue weighted by molar-refractivity contribution is 7.56. The normalized spacial score (nSPS) is 20.4. The molecule has 4 heteroatoms. The molecular weight excluding hydrogens is 245 g/mol. The lowest BCUT2D eigenvalue weighted by atomic mass is 10.1. The molecule has 100 valence electrons. The first-order valence-electron chi connectivity index (χ1n) is 6.43. The van der Waals surface area contributed by atoms with Gasteiger partial charge in [0.25, 0.3) is 0 Å². The second-order valence-corrected chi connectivity index (χ2v) is 6.96. The Kier molecular flexibility index (Phi) is 4.74. The third-order valence-corrected chi connectivity index (χ3v) is 4.61. The molecule has 0 amide bonds. The van der Waals surface area contributed by atoms with E-state index < -0.39 is 8.38 Å². The van der Waals surface area contributed by atoms with Crippen molar-refractivity contribution in [1.29, 1.82) is 0 Å². The summed E-state index contributed by atoms with van der Waals surface area (Å²) in [6.45, 7) is 10.1. The van der Waals surface area contributed by atoms with Crippen LogP contribution in [-0.2, 0) is 9.05 Å². The van der Waals surface area contributed by atoms with Crippen molar-refractivity contribution in [2.24, 2.45) is 0 Å². The van der Waals surface area contributed by atoms with Gasteiger partial charge in [0.15, 0.2) is 0 Å². The summed E-state index contributed by atoms with van der Waals surface area (Å²) >= 11 is 0. The highest BCUT2D eigenvalue weighted by atomic mass is 31.2. The van der Waals surface area contributed by atoms with Crippen molar-refractivity contribution in [2.45, 2.75) is 26.3 Å². The quantitative estimate of drug-likeness (QED) is 0.730. The average Bonchev–Trinajstić information content (AvgIpc) is 2.28. The maximum Gasteiger partial charge on any atom is 0.205 e. The van der Waals surface area contributed by atoms with E-state index in [0.717, 1.165) is 31.6 Å². The van der Waals surface area contributed by atoms with Crippen LogP contribution < -0.4 is 5.30 Å². The van der Waals surface area contributed by atoms with Crippen LogP contribution in [0.25, 0.3) is 0 Å². The number of rotatable bonds is 1. The van der Waals surface area contributed by atoms with Crippen LogP contribution in [0.5, 0.6) is 0 Å². The Balaban J connectivity index is 1.94. The predicted molar refractivity (Wildman–Crippen MR) is 76.2 cm³/mol. The number of benzene rings is 1. The zero-order chi connectivity index (χ0) is 13.0. The van der Waals surface area contributed by atoms with Crippen LogP contribution in [0.15, 0.2) is 30.3 Å². The Labute approximate surface area is 111 Å². The van der Waals surface area contributed by atoms with E-state index in [-0.39, 0.29) is 5.54 Å². The summed E-state index contributed by atoms with van der Waals surface area (Å²) in [5.41, 5.74) is 0.180. The van der Waals surface area contributed by atoms with Crippen molar-refractivity contribution < 1.29 is 9.05 Å². The van der Waals surface area contributed by atoms with Crippen LogP contribution in [0.2, 0.25) is 0 Å². The van der Waals surface area contributed by atoms with E-state index in [1.165, 1.54) is 0 Å². The maximum atomic E-state index is 5.90. The van der Waals surface area contributed by atoms with Crippen LogP contribution in [0.4, 0.5) is 0 Å². The van der Waals surface area contributed by atoms with Crippen molar-refractivity contribution in [2.75, 3.05) is 26.3 Å². The lowest BCUT2D eigenvalue weighted by molar-refractivity contribution is 0.0757. The van der Waals surface area contributed by atoms with Gasteiger partial charge in [-0.2, -0.15) is 0 Å². The van der Waals surface area contributed by atoms with Crippen molar-refractivity contribution in [3.63, 3.8) is 0 Å². The molecule has 18 heavy (non-hydrogen) atoms. The van der Waals surface area contributed by atoms with Gasteiger partial charge < -0.3 is 9.05 Å². The molecule has 0 N–H and O–H groups in total. The Hall–Kier alpha value is -0.470. The fourth-order valence-electron chi connectivity index (χ4n) is 1.99. The molecule has 1 aliphatic heterocycles. The van der Waals surface area contributed by atoms with Gasteiger partial charge in [-0.05, 0) is 32.9 Å². The van der Waals surface area contributed by atoms with E-state index in [4.69, 9.17) is 9.05 Å². The van der Waals surface area contributed by atoms with Gasteiger partial charge in [0, 0.05) is 23.9 Å². The summed E-state index contributed by atoms with van der Waals surface area (Å²) in [7, 11) is -0.892. The zero-order valence-electron chi connectivity index (χ0n) is 11.4. The molecule has 0 aliphatic carbocycles. The molecule has 0 bridgehead atoms. The minimum atomic E-state index is -0.892. The van der Waals surface area contributed by atoms with E-state index >= 15 is 0 Å². The van der Waals surface area contributed by atoms with Gasteiger partial charge in [0.2, 0.25) is 8.38 Å². The maximum absolute atomic E-state index is 5.90. The highest BCUT2D eigenvalue weighted by Gasteiger charge is 2.24. The molecule has 1 heterocycles. The summed E-state index contributed by atoms with van der Waals surface area (Å²) in [6.07, 6.45) is 0. The average molecular weight is 267 g/mol. The standard InChI is InChI=1S/C14H22NO2P/c1-14(2,3)15-9-11-16-18(17-12-10-15)13-7-5-4-6-8-13/h4-8H,9-12H2,1-3H3. The Morgan fingerprint density at radius 3 is 2.06 bits per heavy atom.